The van der Waals surface area contributed by atoms with Gasteiger partial charge in [-0.3, -0.25) is 0 Å². The molecule has 0 atom stereocenters. The van der Waals surface area contributed by atoms with Crippen LogP contribution in [-0.2, 0) is 9.53 Å². The van der Waals surface area contributed by atoms with Crippen LogP contribution in [0.4, 0.5) is 0 Å². The molecule has 1 aliphatic carbocycles. The van der Waals surface area contributed by atoms with Crippen LogP contribution >= 0.6 is 0 Å². The number of carboxylic acids is 1. The third kappa shape index (κ3) is 2.31. The number of allylic oxidation sites excluding steroid dienone is 1. The van der Waals surface area contributed by atoms with E-state index in [0.717, 1.165) is 57.7 Å². The van der Waals surface area contributed by atoms with Gasteiger partial charge < -0.3 is 14.7 Å². The molecular weight excluding hydrogens is 194 g/mol. The molecule has 0 saturated carbocycles. The fourth-order valence-electron chi connectivity index (χ4n) is 2.30. The van der Waals surface area contributed by atoms with Crippen molar-refractivity contribution in [2.45, 2.75) is 25.7 Å². The van der Waals surface area contributed by atoms with Crippen molar-refractivity contribution < 1.29 is 14.6 Å². The molecule has 0 radical (unpaired) electrons. The van der Waals surface area contributed by atoms with Gasteiger partial charge in [0.1, 0.15) is 0 Å². The van der Waals surface area contributed by atoms with Crippen molar-refractivity contribution in [1.82, 2.24) is 4.90 Å². The average molecular weight is 211 g/mol. The summed E-state index contributed by atoms with van der Waals surface area (Å²) < 4.78 is 5.27. The smallest absolute Gasteiger partial charge is 0.333 e. The summed E-state index contributed by atoms with van der Waals surface area (Å²) in [6.07, 6.45) is 3.77. The summed E-state index contributed by atoms with van der Waals surface area (Å²) in [5.41, 5.74) is 1.68. The number of carbonyl (C=O) groups is 1. The molecule has 4 nitrogen and oxygen atoms in total. The molecule has 1 N–H and O–H groups in total. The number of nitrogens with zero attached hydrogens (tertiary/aromatic N) is 1. The highest BCUT2D eigenvalue weighted by Crippen LogP contribution is 2.27. The maximum Gasteiger partial charge on any atom is 0.333 e. The quantitative estimate of drug-likeness (QED) is 0.746. The second kappa shape index (κ2) is 4.66. The van der Waals surface area contributed by atoms with E-state index in [1.54, 1.807) is 0 Å². The van der Waals surface area contributed by atoms with Crippen molar-refractivity contribution in [3.63, 3.8) is 0 Å². The minimum atomic E-state index is -0.740. The molecule has 0 aromatic heterocycles. The van der Waals surface area contributed by atoms with Gasteiger partial charge in [-0.2, -0.15) is 0 Å². The zero-order valence-corrected chi connectivity index (χ0v) is 8.87. The van der Waals surface area contributed by atoms with Crippen molar-refractivity contribution >= 4 is 5.97 Å². The fraction of sp³-hybridized carbons (Fsp3) is 0.727. The van der Waals surface area contributed by atoms with E-state index in [0.29, 0.717) is 5.57 Å². The Morgan fingerprint density at radius 3 is 2.53 bits per heavy atom. The summed E-state index contributed by atoms with van der Waals surface area (Å²) in [4.78, 5) is 13.3. The Balaban J connectivity index is 2.17. The zero-order chi connectivity index (χ0) is 10.7. The second-order valence-corrected chi connectivity index (χ2v) is 4.04. The monoisotopic (exact) mass is 211 g/mol. The molecule has 2 aliphatic rings. The molecule has 15 heavy (non-hydrogen) atoms. The molecular formula is C11H17NO3. The molecule has 0 aromatic carbocycles. The van der Waals surface area contributed by atoms with E-state index in [9.17, 15) is 4.79 Å². The number of rotatable bonds is 2. The number of hydrogen-bond donors (Lipinski definition) is 1. The van der Waals surface area contributed by atoms with E-state index in [2.05, 4.69) is 4.90 Å². The molecule has 0 unspecified atom stereocenters. The summed E-state index contributed by atoms with van der Waals surface area (Å²) in [6, 6.07) is 0. The van der Waals surface area contributed by atoms with Gasteiger partial charge in [-0.1, -0.05) is 0 Å². The van der Waals surface area contributed by atoms with E-state index in [1.807, 2.05) is 0 Å². The Kier molecular flexibility index (Phi) is 3.26. The Labute approximate surface area is 89.5 Å². The Hall–Kier alpha value is -1.03. The van der Waals surface area contributed by atoms with Crippen LogP contribution in [0.1, 0.15) is 25.7 Å². The maximum atomic E-state index is 11.1. The van der Waals surface area contributed by atoms with Crippen LogP contribution in [-0.4, -0.2) is 42.3 Å². The highest BCUT2D eigenvalue weighted by atomic mass is 16.5. The van der Waals surface area contributed by atoms with Crippen molar-refractivity contribution in [3.05, 3.63) is 11.3 Å². The lowest BCUT2D eigenvalue weighted by molar-refractivity contribution is -0.133. The van der Waals surface area contributed by atoms with E-state index < -0.39 is 5.97 Å². The standard InChI is InChI=1S/C11H17NO3/c13-11(14)9-3-1-2-4-10(9)12-5-7-15-8-6-12/h1-8H2,(H,13,14). The Morgan fingerprint density at radius 2 is 1.87 bits per heavy atom. The van der Waals surface area contributed by atoms with Crippen LogP contribution in [0.15, 0.2) is 11.3 Å². The molecule has 1 heterocycles. The first-order chi connectivity index (χ1) is 7.29. The number of ether oxygens (including phenoxy) is 1. The minimum Gasteiger partial charge on any atom is -0.478 e. The molecule has 2 rings (SSSR count). The van der Waals surface area contributed by atoms with Gasteiger partial charge in [-0.05, 0) is 25.7 Å². The lowest BCUT2D eigenvalue weighted by Crippen LogP contribution is -2.37. The van der Waals surface area contributed by atoms with Crippen LogP contribution in [0, 0.1) is 0 Å². The third-order valence-electron chi connectivity index (χ3n) is 3.09. The molecule has 0 aromatic rings. The lowest BCUT2D eigenvalue weighted by Gasteiger charge is -2.34. The van der Waals surface area contributed by atoms with Gasteiger partial charge in [0.15, 0.2) is 0 Å². The van der Waals surface area contributed by atoms with Gasteiger partial charge in [0.05, 0.1) is 18.8 Å². The highest BCUT2D eigenvalue weighted by molar-refractivity contribution is 5.87. The maximum absolute atomic E-state index is 11.1. The lowest BCUT2D eigenvalue weighted by atomic mass is 9.95. The molecule has 4 heteroatoms. The van der Waals surface area contributed by atoms with Gasteiger partial charge >= 0.3 is 5.97 Å². The normalized spacial score (nSPS) is 23.1. The molecule has 1 fully saturated rings. The summed E-state index contributed by atoms with van der Waals surface area (Å²) in [6.45, 7) is 3.12. The Morgan fingerprint density at radius 1 is 1.20 bits per heavy atom. The highest BCUT2D eigenvalue weighted by Gasteiger charge is 2.23. The molecule has 1 aliphatic heterocycles. The van der Waals surface area contributed by atoms with E-state index in [1.165, 1.54) is 0 Å². The van der Waals surface area contributed by atoms with Gasteiger partial charge in [0.2, 0.25) is 0 Å². The predicted octanol–water partition coefficient (Wildman–Crippen LogP) is 1.23. The predicted molar refractivity (Wildman–Crippen MR) is 55.5 cm³/mol. The SMILES string of the molecule is O=C(O)C1=C(N2CCOCC2)CCCC1. The number of hydrogen-bond acceptors (Lipinski definition) is 3. The van der Waals surface area contributed by atoms with E-state index in [4.69, 9.17) is 9.84 Å². The topological polar surface area (TPSA) is 49.8 Å². The summed E-state index contributed by atoms with van der Waals surface area (Å²) in [5.74, 6) is -0.740. The zero-order valence-electron chi connectivity index (χ0n) is 8.87. The fourth-order valence-corrected chi connectivity index (χ4v) is 2.30. The van der Waals surface area contributed by atoms with Crippen LogP contribution in [0.2, 0.25) is 0 Å². The van der Waals surface area contributed by atoms with Crippen LogP contribution in [0.3, 0.4) is 0 Å². The van der Waals surface area contributed by atoms with E-state index in [-0.39, 0.29) is 0 Å². The Bertz CT molecular complexity index is 280. The van der Waals surface area contributed by atoms with Gasteiger partial charge in [0, 0.05) is 18.8 Å². The summed E-state index contributed by atoms with van der Waals surface area (Å²) in [7, 11) is 0. The van der Waals surface area contributed by atoms with Crippen molar-refractivity contribution in [2.75, 3.05) is 26.3 Å². The van der Waals surface area contributed by atoms with Gasteiger partial charge in [0.25, 0.3) is 0 Å². The van der Waals surface area contributed by atoms with Crippen LogP contribution in [0.5, 0.6) is 0 Å². The summed E-state index contributed by atoms with van der Waals surface area (Å²) >= 11 is 0. The molecule has 84 valence electrons. The first kappa shape index (κ1) is 10.5. The molecule has 0 spiro atoms. The van der Waals surface area contributed by atoms with Crippen LogP contribution in [0.25, 0.3) is 0 Å². The van der Waals surface area contributed by atoms with Crippen LogP contribution < -0.4 is 0 Å². The molecule has 1 saturated heterocycles. The minimum absolute atomic E-state index is 0.628. The molecule has 0 amide bonds. The first-order valence-electron chi connectivity index (χ1n) is 5.57. The van der Waals surface area contributed by atoms with Crippen molar-refractivity contribution in [2.24, 2.45) is 0 Å². The number of aliphatic carboxylic acids is 1. The first-order valence-corrected chi connectivity index (χ1v) is 5.57. The largest absolute Gasteiger partial charge is 0.478 e. The molecule has 0 bridgehead atoms. The van der Waals surface area contributed by atoms with Gasteiger partial charge in [-0.15, -0.1) is 0 Å². The number of morpholine rings is 1. The van der Waals surface area contributed by atoms with Gasteiger partial charge in [-0.25, -0.2) is 4.79 Å². The van der Waals surface area contributed by atoms with Crippen molar-refractivity contribution in [3.8, 4) is 0 Å². The number of carboxylic acid groups (broad SMARTS) is 1. The van der Waals surface area contributed by atoms with E-state index >= 15 is 0 Å². The average Bonchev–Trinajstić information content (AvgIpc) is 2.30. The van der Waals surface area contributed by atoms with Crippen molar-refractivity contribution in [1.29, 1.82) is 0 Å². The second-order valence-electron chi connectivity index (χ2n) is 4.04. The summed E-state index contributed by atoms with van der Waals surface area (Å²) in [5, 5.41) is 9.12. The third-order valence-corrected chi connectivity index (χ3v) is 3.09.